The van der Waals surface area contributed by atoms with E-state index in [1.807, 2.05) is 12.1 Å². The van der Waals surface area contributed by atoms with Crippen LogP contribution in [0.15, 0.2) is 82.5 Å². The highest BCUT2D eigenvalue weighted by atomic mass is 35.5. The Labute approximate surface area is 261 Å². The van der Waals surface area contributed by atoms with Gasteiger partial charge in [0.2, 0.25) is 5.91 Å². The predicted octanol–water partition coefficient (Wildman–Crippen LogP) is 3.39. The van der Waals surface area contributed by atoms with Crippen molar-refractivity contribution in [3.63, 3.8) is 0 Å². The van der Waals surface area contributed by atoms with Crippen LogP contribution in [0.5, 0.6) is 0 Å². The second-order valence-corrected chi connectivity index (χ2v) is 13.6. The van der Waals surface area contributed by atoms with E-state index in [1.165, 1.54) is 47.0 Å². The highest BCUT2D eigenvalue weighted by Gasteiger charge is 2.36. The number of rotatable bonds is 6. The Balaban J connectivity index is 1.42. The molecular formula is C32H33ClN6O4S. The minimum Gasteiger partial charge on any atom is -0.340 e. The number of imidazole rings is 1. The number of amides is 1. The van der Waals surface area contributed by atoms with E-state index in [0.29, 0.717) is 29.7 Å². The number of aromatic nitrogens is 2. The first-order valence-electron chi connectivity index (χ1n) is 14.6. The Hall–Kier alpha value is -3.95. The van der Waals surface area contributed by atoms with E-state index in [2.05, 4.69) is 16.8 Å². The number of carbonyl (C=O) groups is 1. The number of fused-ring (bicyclic) bond motifs is 1. The molecule has 1 aromatic heterocycles. The van der Waals surface area contributed by atoms with Crippen molar-refractivity contribution in [3.8, 4) is 6.07 Å². The average Bonchev–Trinajstić information content (AvgIpc) is 3.33. The maximum atomic E-state index is 14.4. The minimum absolute atomic E-state index is 0.103. The van der Waals surface area contributed by atoms with Crippen LogP contribution in [0.4, 0.5) is 0 Å². The van der Waals surface area contributed by atoms with Crippen molar-refractivity contribution < 1.29 is 13.2 Å². The van der Waals surface area contributed by atoms with Crippen LogP contribution in [0.2, 0.25) is 5.02 Å². The zero-order chi connectivity index (χ0) is 31.0. The molecule has 228 valence electrons. The fraction of sp³-hybridized carbons (Fsp3) is 0.344. The number of piperidine rings is 1. The number of likely N-dealkylation sites (N-methyl/N-ethyl adjacent to an activating group) is 1. The summed E-state index contributed by atoms with van der Waals surface area (Å²) in [5, 5.41) is 9.47. The third kappa shape index (κ3) is 5.55. The average molecular weight is 633 g/mol. The SMILES string of the molecule is CN1CCN(C2CCN(C(=O)C(c3ccccc3)n3c(=O)n(S(=O)(=O)c4ccc(C#N)cc4)c4ccc(Cl)cc43)CC2)CC1. The number of halogens is 1. The maximum Gasteiger partial charge on any atom is 0.344 e. The number of hydrogen-bond acceptors (Lipinski definition) is 7. The van der Waals surface area contributed by atoms with Crippen LogP contribution in [-0.4, -0.2) is 89.9 Å². The lowest BCUT2D eigenvalue weighted by molar-refractivity contribution is -0.135. The molecule has 2 aliphatic rings. The van der Waals surface area contributed by atoms with E-state index < -0.39 is 21.8 Å². The molecule has 1 atom stereocenters. The lowest BCUT2D eigenvalue weighted by Crippen LogP contribution is -2.53. The number of nitrogens with zero attached hydrogens (tertiary/aromatic N) is 6. The summed E-state index contributed by atoms with van der Waals surface area (Å²) >= 11 is 6.39. The minimum atomic E-state index is -4.41. The molecule has 0 radical (unpaired) electrons. The summed E-state index contributed by atoms with van der Waals surface area (Å²) in [5.74, 6) is -0.273. The van der Waals surface area contributed by atoms with Gasteiger partial charge in [-0.25, -0.2) is 13.2 Å². The first kappa shape index (κ1) is 30.1. The quantitative estimate of drug-likeness (QED) is 0.320. The summed E-state index contributed by atoms with van der Waals surface area (Å²) in [4.78, 5) is 35.2. The van der Waals surface area contributed by atoms with Gasteiger partial charge in [-0.05, 0) is 67.9 Å². The zero-order valence-corrected chi connectivity index (χ0v) is 25.9. The molecule has 0 saturated carbocycles. The molecular weight excluding hydrogens is 600 g/mol. The molecule has 1 amide bonds. The van der Waals surface area contributed by atoms with Crippen molar-refractivity contribution in [1.82, 2.24) is 23.2 Å². The van der Waals surface area contributed by atoms with E-state index >= 15 is 0 Å². The molecule has 44 heavy (non-hydrogen) atoms. The molecule has 10 nitrogen and oxygen atoms in total. The molecule has 0 bridgehead atoms. The molecule has 2 fully saturated rings. The van der Waals surface area contributed by atoms with Crippen molar-refractivity contribution in [2.75, 3.05) is 46.3 Å². The first-order chi connectivity index (χ1) is 21.2. The van der Waals surface area contributed by atoms with Crippen LogP contribution in [0, 0.1) is 11.3 Å². The largest absolute Gasteiger partial charge is 0.344 e. The summed E-state index contributed by atoms with van der Waals surface area (Å²) in [5.41, 5.74) is 0.314. The lowest BCUT2D eigenvalue weighted by atomic mass is 9.99. The molecule has 6 rings (SSSR count). The highest BCUT2D eigenvalue weighted by Crippen LogP contribution is 2.30. The predicted molar refractivity (Wildman–Crippen MR) is 168 cm³/mol. The monoisotopic (exact) mass is 632 g/mol. The van der Waals surface area contributed by atoms with Gasteiger partial charge in [0.1, 0.15) is 6.04 Å². The summed E-state index contributed by atoms with van der Waals surface area (Å²) in [6.07, 6.45) is 1.65. The second kappa shape index (κ2) is 12.2. The Kier molecular flexibility index (Phi) is 8.35. The smallest absolute Gasteiger partial charge is 0.340 e. The summed E-state index contributed by atoms with van der Waals surface area (Å²) in [6.45, 7) is 5.14. The number of piperazine rings is 1. The van der Waals surface area contributed by atoms with E-state index in [4.69, 9.17) is 11.6 Å². The van der Waals surface area contributed by atoms with Crippen LogP contribution in [0.25, 0.3) is 11.0 Å². The summed E-state index contributed by atoms with van der Waals surface area (Å²) < 4.78 is 29.9. The molecule has 0 N–H and O–H groups in total. The van der Waals surface area contributed by atoms with Gasteiger partial charge in [0.25, 0.3) is 10.0 Å². The number of likely N-dealkylation sites (tertiary alicyclic amines) is 1. The van der Waals surface area contributed by atoms with E-state index in [-0.39, 0.29) is 27.4 Å². The van der Waals surface area contributed by atoms with Crippen LogP contribution < -0.4 is 5.69 Å². The van der Waals surface area contributed by atoms with Gasteiger partial charge in [0, 0.05) is 50.3 Å². The molecule has 0 spiro atoms. The van der Waals surface area contributed by atoms with E-state index in [9.17, 15) is 23.3 Å². The van der Waals surface area contributed by atoms with Gasteiger partial charge in [0.05, 0.1) is 27.6 Å². The van der Waals surface area contributed by atoms with Crippen molar-refractivity contribution >= 4 is 38.6 Å². The van der Waals surface area contributed by atoms with Crippen molar-refractivity contribution in [2.45, 2.75) is 29.8 Å². The van der Waals surface area contributed by atoms with E-state index in [0.717, 1.165) is 43.0 Å². The maximum absolute atomic E-state index is 14.4. The van der Waals surface area contributed by atoms with Gasteiger partial charge >= 0.3 is 5.69 Å². The Morgan fingerprint density at radius 3 is 2.20 bits per heavy atom. The number of nitriles is 1. The number of carbonyl (C=O) groups excluding carboxylic acids is 1. The molecule has 3 heterocycles. The van der Waals surface area contributed by atoms with Gasteiger partial charge in [-0.1, -0.05) is 41.9 Å². The zero-order valence-electron chi connectivity index (χ0n) is 24.3. The van der Waals surface area contributed by atoms with Crippen molar-refractivity contribution in [3.05, 3.63) is 99.4 Å². The fourth-order valence-corrected chi connectivity index (χ4v) is 7.87. The highest BCUT2D eigenvalue weighted by molar-refractivity contribution is 7.90. The molecule has 2 aliphatic heterocycles. The third-order valence-corrected chi connectivity index (χ3v) is 10.7. The molecule has 3 aromatic carbocycles. The topological polar surface area (TPSA) is 112 Å². The van der Waals surface area contributed by atoms with E-state index in [1.54, 1.807) is 29.2 Å². The molecule has 0 aliphatic carbocycles. The summed E-state index contributed by atoms with van der Waals surface area (Å²) in [6, 6.07) is 20.1. The molecule has 12 heteroatoms. The Morgan fingerprint density at radius 1 is 0.909 bits per heavy atom. The summed E-state index contributed by atoms with van der Waals surface area (Å²) in [7, 11) is -2.28. The standard InChI is InChI=1S/C32H33ClN6O4S/c1-35-17-19-36(20-18-35)26-13-15-37(16-14-26)31(40)30(24-5-3-2-4-6-24)38-29-21-25(33)9-12-28(29)39(32(38)41)44(42,43)27-10-7-23(22-34)8-11-27/h2-12,21,26,30H,13-20H2,1H3. The lowest BCUT2D eigenvalue weighted by Gasteiger charge is -2.42. The number of hydrogen-bond donors (Lipinski definition) is 0. The Bertz CT molecular complexity index is 1880. The van der Waals surface area contributed by atoms with Crippen molar-refractivity contribution in [2.24, 2.45) is 0 Å². The normalized spacial score (nSPS) is 17.9. The first-order valence-corrected chi connectivity index (χ1v) is 16.5. The third-order valence-electron chi connectivity index (χ3n) is 8.76. The number of benzene rings is 3. The molecule has 4 aromatic rings. The van der Waals surface area contributed by atoms with Gasteiger partial charge in [-0.15, -0.1) is 0 Å². The van der Waals surface area contributed by atoms with Crippen LogP contribution in [0.1, 0.15) is 30.0 Å². The molecule has 1 unspecified atom stereocenters. The van der Waals surface area contributed by atoms with Gasteiger partial charge in [-0.3, -0.25) is 14.3 Å². The molecule has 2 saturated heterocycles. The fourth-order valence-electron chi connectivity index (χ4n) is 6.30. The van der Waals surface area contributed by atoms with Gasteiger partial charge in [-0.2, -0.15) is 9.23 Å². The van der Waals surface area contributed by atoms with Crippen molar-refractivity contribution in [1.29, 1.82) is 5.26 Å². The second-order valence-electron chi connectivity index (χ2n) is 11.4. The van der Waals surface area contributed by atoms with Crippen LogP contribution in [0.3, 0.4) is 0 Å². The Morgan fingerprint density at radius 2 is 1.57 bits per heavy atom. The van der Waals surface area contributed by atoms with Crippen LogP contribution in [-0.2, 0) is 14.8 Å². The van der Waals surface area contributed by atoms with Crippen LogP contribution >= 0.6 is 11.6 Å². The van der Waals surface area contributed by atoms with Gasteiger partial charge < -0.3 is 9.80 Å². The van der Waals surface area contributed by atoms with Gasteiger partial charge in [0.15, 0.2) is 0 Å².